The summed E-state index contributed by atoms with van der Waals surface area (Å²) in [7, 11) is 0. The SMILES string of the molecule is CC(C)c1cc(C(=O)N2CCC[C@@H]2C(=O)N[C@@H](c2ccc(C(F)(F)F)cc2F)C2COC2)ccn1. The fraction of sp³-hybridized carbons (Fsp3) is 0.480. The van der Waals surface area contributed by atoms with E-state index >= 15 is 0 Å². The summed E-state index contributed by atoms with van der Waals surface area (Å²) in [6.45, 7) is 4.81. The summed E-state index contributed by atoms with van der Waals surface area (Å²) < 4.78 is 58.9. The average molecular weight is 494 g/mol. The predicted octanol–water partition coefficient (Wildman–Crippen LogP) is 4.47. The molecule has 1 N–H and O–H groups in total. The molecule has 2 amide bonds. The van der Waals surface area contributed by atoms with E-state index in [2.05, 4.69) is 10.3 Å². The lowest BCUT2D eigenvalue weighted by Gasteiger charge is -2.36. The zero-order valence-electron chi connectivity index (χ0n) is 19.4. The summed E-state index contributed by atoms with van der Waals surface area (Å²) in [5.74, 6) is -1.97. The van der Waals surface area contributed by atoms with E-state index in [0.29, 0.717) is 31.0 Å². The molecular formula is C25H27F4N3O3. The quantitative estimate of drug-likeness (QED) is 0.603. The number of pyridine rings is 1. The number of nitrogens with zero attached hydrogens (tertiary/aromatic N) is 2. The maximum Gasteiger partial charge on any atom is 0.416 e. The summed E-state index contributed by atoms with van der Waals surface area (Å²) in [5, 5.41) is 2.80. The highest BCUT2D eigenvalue weighted by Crippen LogP contribution is 2.35. The van der Waals surface area contributed by atoms with Gasteiger partial charge in [0.25, 0.3) is 5.91 Å². The van der Waals surface area contributed by atoms with Crippen molar-refractivity contribution in [2.24, 2.45) is 5.92 Å². The molecule has 1 aromatic carbocycles. The topological polar surface area (TPSA) is 71.5 Å². The normalized spacial score (nSPS) is 19.5. The Balaban J connectivity index is 1.54. The van der Waals surface area contributed by atoms with Crippen LogP contribution in [0.25, 0.3) is 0 Å². The summed E-state index contributed by atoms with van der Waals surface area (Å²) in [6, 6.07) is 3.99. The standard InChI is InChI=1S/C25H27F4N3O3/c1-14(2)20-10-15(7-8-30-20)24(34)32-9-3-4-21(32)23(33)31-22(16-12-35-13-16)18-6-5-17(11-19(18)26)25(27,28)29/h5-8,10-11,14,16,21-22H,3-4,9,12-13H2,1-2H3,(H,31,33)/t21-,22-/m1/s1. The first-order valence-corrected chi connectivity index (χ1v) is 11.6. The van der Waals surface area contributed by atoms with Crippen LogP contribution in [0.4, 0.5) is 17.6 Å². The first-order chi connectivity index (χ1) is 16.6. The molecule has 3 heterocycles. The minimum absolute atomic E-state index is 0.0359. The van der Waals surface area contributed by atoms with E-state index in [-0.39, 0.29) is 36.5 Å². The van der Waals surface area contributed by atoms with Crippen molar-refractivity contribution in [3.8, 4) is 0 Å². The summed E-state index contributed by atoms with van der Waals surface area (Å²) in [5.41, 5.74) is 0.0607. The van der Waals surface area contributed by atoms with Crippen LogP contribution in [0.1, 0.15) is 65.8 Å². The first kappa shape index (κ1) is 25.1. The Labute approximate surface area is 200 Å². The molecule has 0 saturated carbocycles. The van der Waals surface area contributed by atoms with Crippen LogP contribution in [-0.2, 0) is 15.7 Å². The number of nitrogens with one attached hydrogen (secondary N) is 1. The van der Waals surface area contributed by atoms with Crippen LogP contribution in [0.15, 0.2) is 36.5 Å². The maximum absolute atomic E-state index is 14.7. The van der Waals surface area contributed by atoms with Gasteiger partial charge >= 0.3 is 6.18 Å². The van der Waals surface area contributed by atoms with E-state index < -0.39 is 35.5 Å². The van der Waals surface area contributed by atoms with Crippen molar-refractivity contribution in [2.45, 2.75) is 50.9 Å². The van der Waals surface area contributed by atoms with Gasteiger partial charge in [0.05, 0.1) is 24.8 Å². The number of likely N-dealkylation sites (tertiary alicyclic amines) is 1. The summed E-state index contributed by atoms with van der Waals surface area (Å²) >= 11 is 0. The number of ether oxygens (including phenoxy) is 1. The number of alkyl halides is 3. The van der Waals surface area contributed by atoms with E-state index in [0.717, 1.165) is 17.8 Å². The Kier molecular flexibility index (Phi) is 7.12. The highest BCUT2D eigenvalue weighted by Gasteiger charge is 2.39. The zero-order chi connectivity index (χ0) is 25.3. The minimum Gasteiger partial charge on any atom is -0.381 e. The number of halogens is 4. The lowest BCUT2D eigenvalue weighted by atomic mass is 9.90. The van der Waals surface area contributed by atoms with E-state index in [1.165, 1.54) is 4.90 Å². The van der Waals surface area contributed by atoms with Gasteiger partial charge in [-0.1, -0.05) is 19.9 Å². The average Bonchev–Trinajstić information content (AvgIpc) is 3.26. The fourth-order valence-electron chi connectivity index (χ4n) is 4.45. The van der Waals surface area contributed by atoms with Gasteiger partial charge in [0.15, 0.2) is 0 Å². The zero-order valence-corrected chi connectivity index (χ0v) is 19.4. The Bertz CT molecular complexity index is 1100. The van der Waals surface area contributed by atoms with Gasteiger partial charge in [0, 0.05) is 35.5 Å². The number of rotatable bonds is 6. The molecule has 2 aliphatic heterocycles. The number of benzene rings is 1. The molecule has 2 atom stereocenters. The molecule has 6 nitrogen and oxygen atoms in total. The number of hydrogen-bond donors (Lipinski definition) is 1. The van der Waals surface area contributed by atoms with Crippen LogP contribution >= 0.6 is 0 Å². The Morgan fingerprint density at radius 2 is 1.91 bits per heavy atom. The van der Waals surface area contributed by atoms with Crippen LogP contribution in [-0.4, -0.2) is 47.5 Å². The molecule has 1 aromatic heterocycles. The second kappa shape index (κ2) is 9.93. The lowest BCUT2D eigenvalue weighted by molar-refractivity contribution is -0.138. The van der Waals surface area contributed by atoms with Crippen molar-refractivity contribution in [1.82, 2.24) is 15.2 Å². The molecule has 0 bridgehead atoms. The van der Waals surface area contributed by atoms with Crippen molar-refractivity contribution in [2.75, 3.05) is 19.8 Å². The molecular weight excluding hydrogens is 466 g/mol. The number of hydrogen-bond acceptors (Lipinski definition) is 4. The third-order valence-corrected chi connectivity index (χ3v) is 6.53. The summed E-state index contributed by atoms with van der Waals surface area (Å²) in [4.78, 5) is 32.2. The molecule has 0 spiro atoms. The molecule has 35 heavy (non-hydrogen) atoms. The second-order valence-corrected chi connectivity index (χ2v) is 9.30. The van der Waals surface area contributed by atoms with Gasteiger partial charge in [0.1, 0.15) is 11.9 Å². The van der Waals surface area contributed by atoms with Crippen molar-refractivity contribution >= 4 is 11.8 Å². The molecule has 2 aliphatic rings. The lowest BCUT2D eigenvalue weighted by Crippen LogP contribution is -2.50. The van der Waals surface area contributed by atoms with Gasteiger partial charge in [-0.3, -0.25) is 14.6 Å². The Morgan fingerprint density at radius 3 is 2.51 bits per heavy atom. The predicted molar refractivity (Wildman–Crippen MR) is 119 cm³/mol. The molecule has 2 saturated heterocycles. The van der Waals surface area contributed by atoms with Gasteiger partial charge in [-0.25, -0.2) is 4.39 Å². The highest BCUT2D eigenvalue weighted by atomic mass is 19.4. The summed E-state index contributed by atoms with van der Waals surface area (Å²) in [6.07, 6.45) is -2.06. The Hall–Kier alpha value is -3.01. The van der Waals surface area contributed by atoms with E-state index in [9.17, 15) is 27.2 Å². The van der Waals surface area contributed by atoms with Crippen LogP contribution in [0.3, 0.4) is 0 Å². The third-order valence-electron chi connectivity index (χ3n) is 6.53. The second-order valence-electron chi connectivity index (χ2n) is 9.30. The van der Waals surface area contributed by atoms with Crippen molar-refractivity contribution in [3.05, 3.63) is 64.7 Å². The molecule has 0 aliphatic carbocycles. The van der Waals surface area contributed by atoms with Crippen molar-refractivity contribution in [1.29, 1.82) is 0 Å². The van der Waals surface area contributed by atoms with Crippen molar-refractivity contribution < 1.29 is 31.9 Å². The van der Waals surface area contributed by atoms with Gasteiger partial charge in [-0.15, -0.1) is 0 Å². The van der Waals surface area contributed by atoms with Gasteiger partial charge in [0.2, 0.25) is 5.91 Å². The van der Waals surface area contributed by atoms with Crippen LogP contribution in [0.2, 0.25) is 0 Å². The fourth-order valence-corrected chi connectivity index (χ4v) is 4.45. The molecule has 0 radical (unpaired) electrons. The first-order valence-electron chi connectivity index (χ1n) is 11.6. The van der Waals surface area contributed by atoms with Crippen molar-refractivity contribution in [3.63, 3.8) is 0 Å². The maximum atomic E-state index is 14.7. The van der Waals surface area contributed by atoms with Crippen LogP contribution < -0.4 is 5.32 Å². The van der Waals surface area contributed by atoms with E-state index in [1.54, 1.807) is 18.3 Å². The Morgan fingerprint density at radius 1 is 1.17 bits per heavy atom. The molecule has 2 aromatic rings. The highest BCUT2D eigenvalue weighted by molar-refractivity contribution is 5.98. The largest absolute Gasteiger partial charge is 0.416 e. The van der Waals surface area contributed by atoms with Crippen LogP contribution in [0.5, 0.6) is 0 Å². The molecule has 2 fully saturated rings. The monoisotopic (exact) mass is 493 g/mol. The number of aromatic nitrogens is 1. The van der Waals surface area contributed by atoms with Gasteiger partial charge in [-0.05, 0) is 43.0 Å². The van der Waals surface area contributed by atoms with Gasteiger partial charge in [-0.2, -0.15) is 13.2 Å². The van der Waals surface area contributed by atoms with E-state index in [4.69, 9.17) is 4.74 Å². The number of carbonyl (C=O) groups excluding carboxylic acids is 2. The van der Waals surface area contributed by atoms with E-state index in [1.807, 2.05) is 13.8 Å². The number of carbonyl (C=O) groups is 2. The molecule has 0 unspecified atom stereocenters. The molecule has 4 rings (SSSR count). The smallest absolute Gasteiger partial charge is 0.381 e. The third kappa shape index (κ3) is 5.32. The minimum atomic E-state index is -4.68. The van der Waals surface area contributed by atoms with Gasteiger partial charge < -0.3 is 15.0 Å². The molecule has 188 valence electrons. The molecule has 10 heteroatoms. The number of amides is 2. The van der Waals surface area contributed by atoms with Crippen LogP contribution in [0, 0.1) is 11.7 Å².